The van der Waals surface area contributed by atoms with Gasteiger partial charge >= 0.3 is 5.97 Å². The lowest BCUT2D eigenvalue weighted by atomic mass is 9.45. The third-order valence-electron chi connectivity index (χ3n) is 8.71. The molecule has 2 N–H and O–H groups in total. The number of hydrogen-bond acceptors (Lipinski definition) is 6. The maximum Gasteiger partial charge on any atom is 0.302 e. The summed E-state index contributed by atoms with van der Waals surface area (Å²) >= 11 is 0. The lowest BCUT2D eigenvalue weighted by Gasteiger charge is -2.60. The fourth-order valence-electron chi connectivity index (χ4n) is 7.65. The first-order valence-corrected chi connectivity index (χ1v) is 11.0. The fourth-order valence-corrected chi connectivity index (χ4v) is 7.65. The van der Waals surface area contributed by atoms with Crippen LogP contribution in [0.2, 0.25) is 0 Å². The van der Waals surface area contributed by atoms with Crippen LogP contribution in [0.25, 0.3) is 0 Å². The van der Waals surface area contributed by atoms with Crippen molar-refractivity contribution in [2.75, 3.05) is 13.2 Å². The number of aliphatic hydroxyl groups excluding tert-OH is 2. The van der Waals surface area contributed by atoms with Crippen molar-refractivity contribution in [3.8, 4) is 0 Å². The van der Waals surface area contributed by atoms with Gasteiger partial charge in [0.1, 0.15) is 12.7 Å². The zero-order chi connectivity index (χ0) is 21.8. The Kier molecular flexibility index (Phi) is 5.30. The normalized spacial score (nSPS) is 44.6. The third-order valence-corrected chi connectivity index (χ3v) is 8.71. The first kappa shape index (κ1) is 21.4. The number of fused-ring (bicyclic) bond motifs is 5. The monoisotopic (exact) mass is 416 g/mol. The molecule has 0 radical (unpaired) electrons. The molecule has 0 spiro atoms. The average Bonchev–Trinajstić information content (AvgIpc) is 3.03. The molecule has 6 nitrogen and oxygen atoms in total. The van der Waals surface area contributed by atoms with Gasteiger partial charge in [-0.2, -0.15) is 0 Å². The van der Waals surface area contributed by atoms with Crippen molar-refractivity contribution in [2.24, 2.45) is 40.4 Å². The zero-order valence-corrected chi connectivity index (χ0v) is 18.0. The molecule has 0 bridgehead atoms. The molecule has 0 saturated heterocycles. The minimum Gasteiger partial charge on any atom is -0.462 e. The molecular formula is C24H32O6. The third kappa shape index (κ3) is 3.02. The van der Waals surface area contributed by atoms with Crippen molar-refractivity contribution in [1.82, 2.24) is 0 Å². The van der Waals surface area contributed by atoms with Crippen LogP contribution in [0.5, 0.6) is 0 Å². The van der Waals surface area contributed by atoms with Gasteiger partial charge in [-0.15, -0.1) is 0 Å². The molecular weight excluding hydrogens is 384 g/mol. The van der Waals surface area contributed by atoms with Gasteiger partial charge in [-0.25, -0.2) is 0 Å². The lowest BCUT2D eigenvalue weighted by molar-refractivity contribution is -0.174. The van der Waals surface area contributed by atoms with E-state index in [9.17, 15) is 24.6 Å². The Bertz CT molecular complexity index is 828. The molecule has 0 aromatic rings. The number of allylic oxidation sites excluding steroid dienone is 3. The number of carbonyl (C=O) groups excluding carboxylic acids is 3. The van der Waals surface area contributed by atoms with Crippen LogP contribution in [0.4, 0.5) is 0 Å². The number of ketones is 2. The Balaban J connectivity index is 1.81. The largest absolute Gasteiger partial charge is 0.462 e. The van der Waals surface area contributed by atoms with Crippen molar-refractivity contribution >= 4 is 17.5 Å². The van der Waals surface area contributed by atoms with E-state index in [1.165, 1.54) is 6.92 Å². The van der Waals surface area contributed by atoms with E-state index >= 15 is 0 Å². The quantitative estimate of drug-likeness (QED) is 0.682. The SMILES string of the molecule is CC(=O)O[C@@H]1C[C@]2(C)[C@@H](C(=O)CO)CC[C@H]2[C@@H]2C[C@H](CO)C3=CC(=O)C=C[C@]3(C)[C@H]21. The van der Waals surface area contributed by atoms with Gasteiger partial charge in [-0.1, -0.05) is 25.5 Å². The van der Waals surface area contributed by atoms with E-state index < -0.39 is 12.0 Å². The van der Waals surface area contributed by atoms with Crippen molar-refractivity contribution in [3.63, 3.8) is 0 Å². The van der Waals surface area contributed by atoms with E-state index in [-0.39, 0.29) is 65.3 Å². The number of ether oxygens (including phenoxy) is 1. The van der Waals surface area contributed by atoms with Crippen LogP contribution >= 0.6 is 0 Å². The molecule has 3 fully saturated rings. The molecule has 0 aromatic heterocycles. The number of Topliss-reactive ketones (excluding diaryl/α,β-unsaturated/α-hetero) is 1. The molecule has 4 rings (SSSR count). The minimum atomic E-state index is -0.481. The minimum absolute atomic E-state index is 0.0131. The van der Waals surface area contributed by atoms with Gasteiger partial charge in [0.25, 0.3) is 0 Å². The number of carbonyl (C=O) groups is 3. The maximum absolute atomic E-state index is 12.6. The molecule has 30 heavy (non-hydrogen) atoms. The van der Waals surface area contributed by atoms with Crippen molar-refractivity contribution in [1.29, 1.82) is 0 Å². The summed E-state index contributed by atoms with van der Waals surface area (Å²) in [4.78, 5) is 36.7. The smallest absolute Gasteiger partial charge is 0.302 e. The van der Waals surface area contributed by atoms with Crippen molar-refractivity contribution in [2.45, 2.75) is 52.6 Å². The van der Waals surface area contributed by atoms with Gasteiger partial charge in [0, 0.05) is 36.7 Å². The summed E-state index contributed by atoms with van der Waals surface area (Å²) in [7, 11) is 0. The predicted molar refractivity (Wildman–Crippen MR) is 109 cm³/mol. The van der Waals surface area contributed by atoms with Crippen LogP contribution < -0.4 is 0 Å². The van der Waals surface area contributed by atoms with E-state index in [0.29, 0.717) is 12.8 Å². The summed E-state index contributed by atoms with van der Waals surface area (Å²) in [5, 5.41) is 19.7. The molecule has 8 atom stereocenters. The standard InChI is InChI=1S/C24H32O6/c1-13(27)30-21-10-24(3)17(4-5-18(24)20(29)12-26)16-8-14(11-25)19-9-15(28)6-7-23(19,2)22(16)21/h6-7,9,14,16-18,21-22,25-26H,4-5,8,10-12H2,1-3H3/t14-,16+,17+,18-,21-,22-,23+,24+/m1/s1. The predicted octanol–water partition coefficient (Wildman–Crippen LogP) is 2.23. The van der Waals surface area contributed by atoms with Gasteiger partial charge in [0.2, 0.25) is 0 Å². The van der Waals surface area contributed by atoms with Crippen LogP contribution in [0.15, 0.2) is 23.8 Å². The lowest BCUT2D eigenvalue weighted by Crippen LogP contribution is -2.59. The number of rotatable bonds is 4. The highest BCUT2D eigenvalue weighted by atomic mass is 16.5. The Hall–Kier alpha value is -1.79. The fraction of sp³-hybridized carbons (Fsp3) is 0.708. The molecule has 4 aliphatic rings. The van der Waals surface area contributed by atoms with Gasteiger partial charge in [-0.3, -0.25) is 14.4 Å². The van der Waals surface area contributed by atoms with Crippen LogP contribution in [0.1, 0.15) is 46.5 Å². The number of hydrogen-bond donors (Lipinski definition) is 2. The molecule has 4 aliphatic carbocycles. The number of aliphatic hydroxyl groups is 2. The van der Waals surface area contributed by atoms with Gasteiger partial charge in [-0.05, 0) is 55.1 Å². The summed E-state index contributed by atoms with van der Waals surface area (Å²) in [6, 6.07) is 0. The molecule has 164 valence electrons. The second-order valence-electron chi connectivity index (χ2n) is 10.1. The Morgan fingerprint density at radius 2 is 1.97 bits per heavy atom. The highest BCUT2D eigenvalue weighted by Gasteiger charge is 2.64. The Morgan fingerprint density at radius 1 is 1.23 bits per heavy atom. The van der Waals surface area contributed by atoms with Crippen LogP contribution in [0, 0.1) is 40.4 Å². The summed E-state index contributed by atoms with van der Waals surface area (Å²) < 4.78 is 5.88. The highest BCUT2D eigenvalue weighted by molar-refractivity contribution is 6.01. The van der Waals surface area contributed by atoms with Crippen LogP contribution in [-0.2, 0) is 19.1 Å². The van der Waals surface area contributed by atoms with Crippen LogP contribution in [0.3, 0.4) is 0 Å². The maximum atomic E-state index is 12.6. The van der Waals surface area contributed by atoms with Gasteiger partial charge < -0.3 is 14.9 Å². The van der Waals surface area contributed by atoms with E-state index in [1.54, 1.807) is 12.2 Å². The molecule has 0 aliphatic heterocycles. The van der Waals surface area contributed by atoms with E-state index in [0.717, 1.165) is 18.4 Å². The first-order chi connectivity index (χ1) is 14.2. The topological polar surface area (TPSA) is 101 Å². The van der Waals surface area contributed by atoms with Crippen molar-refractivity contribution in [3.05, 3.63) is 23.8 Å². The molecule has 3 saturated carbocycles. The molecule has 0 aromatic carbocycles. The Labute approximate surface area is 177 Å². The second-order valence-corrected chi connectivity index (χ2v) is 10.1. The number of esters is 1. The first-order valence-electron chi connectivity index (χ1n) is 11.0. The van der Waals surface area contributed by atoms with Gasteiger partial charge in [0.15, 0.2) is 11.6 Å². The summed E-state index contributed by atoms with van der Waals surface area (Å²) in [6.45, 7) is 5.11. The van der Waals surface area contributed by atoms with E-state index in [4.69, 9.17) is 4.74 Å². The highest BCUT2D eigenvalue weighted by Crippen LogP contribution is 2.67. The summed E-state index contributed by atoms with van der Waals surface area (Å²) in [5.41, 5.74) is 0.0953. The van der Waals surface area contributed by atoms with E-state index in [2.05, 4.69) is 13.8 Å². The van der Waals surface area contributed by atoms with Crippen molar-refractivity contribution < 1.29 is 29.3 Å². The Morgan fingerprint density at radius 3 is 2.60 bits per heavy atom. The molecule has 6 heteroatoms. The van der Waals surface area contributed by atoms with Gasteiger partial charge in [0.05, 0.1) is 0 Å². The van der Waals surface area contributed by atoms with E-state index in [1.807, 2.05) is 6.08 Å². The molecule has 0 unspecified atom stereocenters. The average molecular weight is 417 g/mol. The zero-order valence-electron chi connectivity index (χ0n) is 18.0. The molecule has 0 amide bonds. The van der Waals surface area contributed by atoms with Crippen LogP contribution in [-0.4, -0.2) is 47.1 Å². The molecule has 0 heterocycles. The second kappa shape index (κ2) is 7.41. The summed E-state index contributed by atoms with van der Waals surface area (Å²) in [6.07, 6.45) is 7.70. The summed E-state index contributed by atoms with van der Waals surface area (Å²) in [5.74, 6) is -0.539.